The van der Waals surface area contributed by atoms with E-state index < -0.39 is 45.5 Å². The molecule has 0 saturated carbocycles. The van der Waals surface area contributed by atoms with E-state index in [4.69, 9.17) is 4.74 Å². The monoisotopic (exact) mass is 788 g/mol. The molecule has 3 aromatic rings. The summed E-state index contributed by atoms with van der Waals surface area (Å²) in [5.41, 5.74) is 6.90. The first-order chi connectivity index (χ1) is 25.9. The predicted octanol–water partition coefficient (Wildman–Crippen LogP) is 3.16. The van der Waals surface area contributed by atoms with Crippen molar-refractivity contribution < 1.29 is 35.1 Å². The van der Waals surface area contributed by atoms with Crippen molar-refractivity contribution in [3.8, 4) is 0 Å². The number of hydrogen-bond acceptors (Lipinski definition) is 11. The van der Waals surface area contributed by atoms with E-state index in [1.54, 1.807) is 6.33 Å². The summed E-state index contributed by atoms with van der Waals surface area (Å²) in [7, 11) is -6.38. The lowest BCUT2D eigenvalue weighted by Gasteiger charge is -2.35. The SMILES string of the molecule is CS(=O)(=O)N1CC=C(c2ncnc3c2CN(C(=O)OCc2ccccc2)C(CF)C3)CC1.CS(=O)(=O)N1CCC(c2ncnc3c2CNC(CF)C3)CC1. The van der Waals surface area contributed by atoms with Gasteiger partial charge in [-0.25, -0.2) is 54.7 Å². The van der Waals surface area contributed by atoms with Crippen LogP contribution in [0.2, 0.25) is 0 Å². The topological polar surface area (TPSA) is 168 Å². The smallest absolute Gasteiger partial charge is 0.410 e. The molecule has 1 amide bonds. The second-order valence-corrected chi connectivity index (χ2v) is 17.9. The highest BCUT2D eigenvalue weighted by Gasteiger charge is 2.35. The van der Waals surface area contributed by atoms with Crippen molar-refractivity contribution >= 4 is 31.7 Å². The second kappa shape index (κ2) is 17.2. The number of ether oxygens (including phenoxy) is 1. The molecule has 0 spiro atoms. The minimum absolute atomic E-state index is 0.104. The highest BCUT2D eigenvalue weighted by Crippen LogP contribution is 2.33. The van der Waals surface area contributed by atoms with Gasteiger partial charge in [-0.3, -0.25) is 4.90 Å². The van der Waals surface area contributed by atoms with E-state index in [1.165, 1.54) is 32.3 Å². The van der Waals surface area contributed by atoms with Crippen LogP contribution in [0.1, 0.15) is 64.6 Å². The number of carbonyl (C=O) groups is 1. The molecule has 1 fully saturated rings. The van der Waals surface area contributed by atoms with Gasteiger partial charge in [0, 0.05) is 68.7 Å². The Kier molecular flexibility index (Phi) is 12.7. The van der Waals surface area contributed by atoms with Crippen LogP contribution in [0.25, 0.3) is 5.57 Å². The number of aromatic nitrogens is 4. The summed E-state index contributed by atoms with van der Waals surface area (Å²) in [5.74, 6) is 0.249. The van der Waals surface area contributed by atoms with Crippen LogP contribution in [0, 0.1) is 0 Å². The zero-order chi connectivity index (χ0) is 38.5. The first-order valence-electron chi connectivity index (χ1n) is 17.9. The highest BCUT2D eigenvalue weighted by atomic mass is 32.2. The first kappa shape index (κ1) is 39.7. The third-order valence-corrected chi connectivity index (χ3v) is 12.9. The van der Waals surface area contributed by atoms with Crippen LogP contribution in [0.4, 0.5) is 13.6 Å². The molecule has 1 aromatic carbocycles. The van der Waals surface area contributed by atoms with Crippen molar-refractivity contribution in [3.05, 3.63) is 88.5 Å². The van der Waals surface area contributed by atoms with Crippen LogP contribution in [0.3, 0.4) is 0 Å². The molecule has 0 aliphatic carbocycles. The fourth-order valence-electron chi connectivity index (χ4n) is 7.33. The molecule has 292 valence electrons. The van der Waals surface area contributed by atoms with Crippen molar-refractivity contribution in [3.63, 3.8) is 0 Å². The number of hydrogen-bond donors (Lipinski definition) is 1. The number of nitrogens with one attached hydrogen (secondary N) is 1. The average molecular weight is 789 g/mol. The van der Waals surface area contributed by atoms with Gasteiger partial charge in [-0.05, 0) is 30.4 Å². The maximum absolute atomic E-state index is 13.8. The molecule has 1 N–H and O–H groups in total. The molecule has 54 heavy (non-hydrogen) atoms. The van der Waals surface area contributed by atoms with Crippen molar-refractivity contribution in [1.82, 2.24) is 38.8 Å². The molecule has 18 heteroatoms. The fourth-order valence-corrected chi connectivity index (χ4v) is 8.97. The van der Waals surface area contributed by atoms with Crippen LogP contribution in [-0.4, -0.2) is 120 Å². The minimum Gasteiger partial charge on any atom is -0.445 e. The Hall–Kier alpha value is -3.97. The second-order valence-electron chi connectivity index (χ2n) is 14.0. The lowest BCUT2D eigenvalue weighted by atomic mass is 9.88. The van der Waals surface area contributed by atoms with Gasteiger partial charge in [-0.15, -0.1) is 0 Å². The molecule has 4 aliphatic rings. The molecule has 2 atom stereocenters. The fraction of sp³-hybridized carbons (Fsp3) is 0.528. The van der Waals surface area contributed by atoms with Crippen LogP contribution in [0.5, 0.6) is 0 Å². The molecule has 0 radical (unpaired) electrons. The average Bonchev–Trinajstić information content (AvgIpc) is 3.18. The third-order valence-electron chi connectivity index (χ3n) is 10.4. The summed E-state index contributed by atoms with van der Waals surface area (Å²) in [6, 6.07) is 8.48. The zero-order valence-corrected chi connectivity index (χ0v) is 32.0. The normalized spacial score (nSPS) is 21.3. The zero-order valence-electron chi connectivity index (χ0n) is 30.4. The van der Waals surface area contributed by atoms with Gasteiger partial charge >= 0.3 is 6.09 Å². The summed E-state index contributed by atoms with van der Waals surface area (Å²) in [6.07, 6.45) is 9.58. The van der Waals surface area contributed by atoms with E-state index in [1.807, 2.05) is 36.4 Å². The molecular formula is C36H46F2N8O6S2. The Morgan fingerprint density at radius 2 is 1.56 bits per heavy atom. The van der Waals surface area contributed by atoms with Gasteiger partial charge in [-0.1, -0.05) is 36.4 Å². The quantitative estimate of drug-likeness (QED) is 0.356. The van der Waals surface area contributed by atoms with E-state index in [9.17, 15) is 30.4 Å². The molecule has 0 bridgehead atoms. The van der Waals surface area contributed by atoms with Crippen molar-refractivity contribution in [2.75, 3.05) is 52.0 Å². The number of benzene rings is 1. The molecular weight excluding hydrogens is 743 g/mol. The van der Waals surface area contributed by atoms with Gasteiger partial charge < -0.3 is 10.1 Å². The van der Waals surface area contributed by atoms with Gasteiger partial charge in [0.1, 0.15) is 32.6 Å². The van der Waals surface area contributed by atoms with E-state index in [0.717, 1.165) is 46.5 Å². The molecule has 4 aliphatic heterocycles. The molecule has 6 heterocycles. The van der Waals surface area contributed by atoms with E-state index in [-0.39, 0.29) is 38.1 Å². The van der Waals surface area contributed by atoms with Gasteiger partial charge in [-0.2, -0.15) is 4.31 Å². The standard InChI is InChI=1S/C22H25FN4O4S.C14H21FN4O2S/c1-32(29,30)26-9-7-17(8-10-26)21-19-13-27(18(12-23)11-20(19)24-15-25-21)22(28)31-14-16-5-3-2-4-6-16;1-22(20,21)19-4-2-10(3-5-19)14-12-8-16-11(7-15)6-13(12)17-9-18-14/h2-7,15,18H,8-14H2,1H3;9-11,16H,2-8H2,1H3. The number of halogens is 2. The van der Waals surface area contributed by atoms with Gasteiger partial charge in [0.15, 0.2) is 0 Å². The van der Waals surface area contributed by atoms with Gasteiger partial charge in [0.05, 0.1) is 47.9 Å². The third kappa shape index (κ3) is 9.45. The molecule has 14 nitrogen and oxygen atoms in total. The summed E-state index contributed by atoms with van der Waals surface area (Å²) in [6.45, 7) is 1.42. The van der Waals surface area contributed by atoms with E-state index in [2.05, 4.69) is 25.3 Å². The Labute approximate surface area is 315 Å². The number of amides is 1. The predicted molar refractivity (Wildman–Crippen MR) is 197 cm³/mol. The minimum atomic E-state index is -3.26. The van der Waals surface area contributed by atoms with Gasteiger partial charge in [0.2, 0.25) is 20.0 Å². The molecule has 1 saturated heterocycles. The summed E-state index contributed by atoms with van der Waals surface area (Å²) in [5, 5.41) is 3.18. The number of nitrogens with zero attached hydrogens (tertiary/aromatic N) is 7. The lowest BCUT2D eigenvalue weighted by molar-refractivity contribution is 0.0663. The number of fused-ring (bicyclic) bond motifs is 2. The van der Waals surface area contributed by atoms with Crippen LogP contribution in [0.15, 0.2) is 49.1 Å². The Morgan fingerprint density at radius 1 is 0.870 bits per heavy atom. The van der Waals surface area contributed by atoms with Crippen molar-refractivity contribution in [2.24, 2.45) is 0 Å². The largest absolute Gasteiger partial charge is 0.445 e. The molecule has 2 unspecified atom stereocenters. The Morgan fingerprint density at radius 3 is 2.19 bits per heavy atom. The van der Waals surface area contributed by atoms with Crippen molar-refractivity contribution in [2.45, 2.75) is 69.8 Å². The van der Waals surface area contributed by atoms with Crippen LogP contribution in [-0.2, 0) is 57.3 Å². The van der Waals surface area contributed by atoms with Crippen LogP contribution >= 0.6 is 0 Å². The number of carbonyl (C=O) groups excluding carboxylic acids is 1. The van der Waals surface area contributed by atoms with E-state index in [0.29, 0.717) is 50.4 Å². The number of alkyl halides is 2. The Balaban J connectivity index is 0.000000197. The van der Waals surface area contributed by atoms with E-state index >= 15 is 0 Å². The van der Waals surface area contributed by atoms with Gasteiger partial charge in [0.25, 0.3) is 0 Å². The van der Waals surface area contributed by atoms with Crippen LogP contribution < -0.4 is 5.32 Å². The molecule has 7 rings (SSSR count). The molecule has 2 aromatic heterocycles. The highest BCUT2D eigenvalue weighted by molar-refractivity contribution is 7.88. The maximum Gasteiger partial charge on any atom is 0.410 e. The lowest BCUT2D eigenvalue weighted by Crippen LogP contribution is -2.46. The number of sulfonamides is 2. The maximum atomic E-state index is 13.8. The first-order valence-corrected chi connectivity index (χ1v) is 21.6. The van der Waals surface area contributed by atoms with Crippen molar-refractivity contribution in [1.29, 1.82) is 0 Å². The Bertz CT molecular complexity index is 2050. The summed E-state index contributed by atoms with van der Waals surface area (Å²) >= 11 is 0. The number of rotatable bonds is 8. The summed E-state index contributed by atoms with van der Waals surface area (Å²) < 4.78 is 81.7. The summed E-state index contributed by atoms with van der Waals surface area (Å²) in [4.78, 5) is 31.7. The number of piperidine rings is 1.